The molecule has 0 radical (unpaired) electrons. The van der Waals surface area contributed by atoms with Gasteiger partial charge in [0, 0.05) is 32.3 Å². The maximum atomic E-state index is 9.77. The predicted molar refractivity (Wildman–Crippen MR) is 78.3 cm³/mol. The Morgan fingerprint density at radius 1 is 1.20 bits per heavy atom. The van der Waals surface area contributed by atoms with Crippen LogP contribution in [0.4, 0.5) is 0 Å². The van der Waals surface area contributed by atoms with Crippen molar-refractivity contribution in [2.75, 3.05) is 26.2 Å². The molecule has 1 unspecified atom stereocenters. The van der Waals surface area contributed by atoms with Crippen molar-refractivity contribution in [1.82, 2.24) is 10.2 Å². The largest absolute Gasteiger partial charge is 0.378 e. The van der Waals surface area contributed by atoms with Gasteiger partial charge >= 0.3 is 0 Å². The van der Waals surface area contributed by atoms with E-state index in [4.69, 9.17) is 4.74 Å². The van der Waals surface area contributed by atoms with Crippen LogP contribution in [0.2, 0.25) is 0 Å². The highest BCUT2D eigenvalue weighted by Crippen LogP contribution is 2.42. The molecule has 3 fully saturated rings. The van der Waals surface area contributed by atoms with Gasteiger partial charge in [0.25, 0.3) is 0 Å². The third-order valence-corrected chi connectivity index (χ3v) is 4.92. The van der Waals surface area contributed by atoms with Crippen LogP contribution in [0.1, 0.15) is 45.4 Å². The third-order valence-electron chi connectivity index (χ3n) is 4.92. The molecule has 0 aromatic heterocycles. The summed E-state index contributed by atoms with van der Waals surface area (Å²) in [6, 6.07) is 3.26. The van der Waals surface area contributed by atoms with E-state index in [0.717, 1.165) is 39.1 Å². The Morgan fingerprint density at radius 2 is 1.90 bits per heavy atom. The molecule has 1 heterocycles. The van der Waals surface area contributed by atoms with E-state index in [1.807, 2.05) is 0 Å². The Balaban J connectivity index is 1.55. The van der Waals surface area contributed by atoms with Gasteiger partial charge in [-0.25, -0.2) is 0 Å². The monoisotopic (exact) mass is 277 g/mol. The van der Waals surface area contributed by atoms with E-state index in [1.165, 1.54) is 25.7 Å². The number of piperidine rings is 1. The molecule has 2 saturated carbocycles. The average Bonchev–Trinajstić information content (AvgIpc) is 3.33. The highest BCUT2D eigenvalue weighted by molar-refractivity contribution is 5.18. The highest BCUT2D eigenvalue weighted by atomic mass is 16.5. The van der Waals surface area contributed by atoms with E-state index >= 15 is 0 Å². The fourth-order valence-corrected chi connectivity index (χ4v) is 3.44. The Labute approximate surface area is 122 Å². The molecule has 3 rings (SSSR count). The smallest absolute Gasteiger partial charge is 0.122 e. The van der Waals surface area contributed by atoms with Gasteiger partial charge in [0.2, 0.25) is 0 Å². The Bertz CT molecular complexity index is 364. The molecule has 1 aliphatic heterocycles. The lowest BCUT2D eigenvalue weighted by atomic mass is 9.92. The predicted octanol–water partition coefficient (Wildman–Crippen LogP) is 1.91. The zero-order valence-electron chi connectivity index (χ0n) is 12.6. The summed E-state index contributed by atoms with van der Waals surface area (Å²) in [6.45, 7) is 5.95. The summed E-state index contributed by atoms with van der Waals surface area (Å²) >= 11 is 0. The first-order chi connectivity index (χ1) is 9.75. The zero-order chi connectivity index (χ0) is 14.0. The van der Waals surface area contributed by atoms with Crippen LogP contribution in [-0.2, 0) is 4.74 Å². The minimum Gasteiger partial charge on any atom is -0.378 e. The summed E-state index contributed by atoms with van der Waals surface area (Å²) in [5, 5.41) is 13.4. The third kappa shape index (κ3) is 3.33. The lowest BCUT2D eigenvalue weighted by molar-refractivity contribution is 0.00918. The van der Waals surface area contributed by atoms with Crippen molar-refractivity contribution in [1.29, 1.82) is 5.26 Å². The number of hydrogen-bond donors (Lipinski definition) is 1. The number of hydrogen-bond acceptors (Lipinski definition) is 4. The molecular weight excluding hydrogens is 250 g/mol. The van der Waals surface area contributed by atoms with E-state index in [9.17, 15) is 5.26 Å². The molecule has 1 saturated heterocycles. The normalized spacial score (nSPS) is 28.0. The van der Waals surface area contributed by atoms with Crippen molar-refractivity contribution in [2.45, 2.75) is 63.1 Å². The lowest BCUT2D eigenvalue weighted by Crippen LogP contribution is -2.56. The van der Waals surface area contributed by atoms with Crippen molar-refractivity contribution in [3.63, 3.8) is 0 Å². The lowest BCUT2D eigenvalue weighted by Gasteiger charge is -2.38. The van der Waals surface area contributed by atoms with Gasteiger partial charge in [0.05, 0.1) is 12.2 Å². The van der Waals surface area contributed by atoms with Gasteiger partial charge in [-0.05, 0) is 51.4 Å². The number of nitriles is 1. The first-order valence-electron chi connectivity index (χ1n) is 8.28. The molecule has 112 valence electrons. The highest BCUT2D eigenvalue weighted by Gasteiger charge is 2.49. The molecule has 0 amide bonds. The first kappa shape index (κ1) is 14.3. The van der Waals surface area contributed by atoms with E-state index in [-0.39, 0.29) is 5.54 Å². The SMILES string of the molecule is CCOC1CCN(CC(C#N)(NC2CC2)C2CC2)CC1. The van der Waals surface area contributed by atoms with E-state index in [2.05, 4.69) is 23.2 Å². The Kier molecular flexibility index (Phi) is 4.30. The van der Waals surface area contributed by atoms with Crippen LogP contribution in [0.3, 0.4) is 0 Å². The van der Waals surface area contributed by atoms with Crippen LogP contribution < -0.4 is 5.32 Å². The second-order valence-corrected chi connectivity index (χ2v) is 6.71. The Morgan fingerprint density at radius 3 is 2.40 bits per heavy atom. The second kappa shape index (κ2) is 6.01. The summed E-state index contributed by atoms with van der Waals surface area (Å²) in [7, 11) is 0. The molecule has 4 nitrogen and oxygen atoms in total. The molecule has 3 aliphatic rings. The van der Waals surface area contributed by atoms with Crippen LogP contribution in [0.5, 0.6) is 0 Å². The first-order valence-corrected chi connectivity index (χ1v) is 8.28. The van der Waals surface area contributed by atoms with E-state index < -0.39 is 0 Å². The van der Waals surface area contributed by atoms with Crippen molar-refractivity contribution < 1.29 is 4.74 Å². The fourth-order valence-electron chi connectivity index (χ4n) is 3.44. The van der Waals surface area contributed by atoms with Gasteiger partial charge in [-0.1, -0.05) is 0 Å². The van der Waals surface area contributed by atoms with Crippen molar-refractivity contribution in [3.8, 4) is 6.07 Å². The van der Waals surface area contributed by atoms with Crippen LogP contribution in [0, 0.1) is 17.2 Å². The molecule has 1 N–H and O–H groups in total. The standard InChI is InChI=1S/C16H27N3O/c1-2-20-15-7-9-19(10-8-15)12-16(11-17,13-3-4-13)18-14-5-6-14/h13-15,18H,2-10,12H2,1H3. The van der Waals surface area contributed by atoms with Gasteiger partial charge in [0.1, 0.15) is 5.54 Å². The van der Waals surface area contributed by atoms with Crippen molar-refractivity contribution in [2.24, 2.45) is 5.92 Å². The average molecular weight is 277 g/mol. The molecule has 0 bridgehead atoms. The number of nitrogens with one attached hydrogen (secondary N) is 1. The van der Waals surface area contributed by atoms with Gasteiger partial charge in [-0.15, -0.1) is 0 Å². The molecule has 0 aromatic rings. The number of ether oxygens (including phenoxy) is 1. The maximum absolute atomic E-state index is 9.77. The molecule has 4 heteroatoms. The molecule has 1 atom stereocenters. The fraction of sp³-hybridized carbons (Fsp3) is 0.938. The summed E-state index contributed by atoms with van der Waals surface area (Å²) in [5.74, 6) is 0.581. The van der Waals surface area contributed by atoms with Gasteiger partial charge in [-0.3, -0.25) is 5.32 Å². The summed E-state index contributed by atoms with van der Waals surface area (Å²) in [6.07, 6.45) is 7.62. The quantitative estimate of drug-likeness (QED) is 0.772. The zero-order valence-corrected chi connectivity index (χ0v) is 12.6. The van der Waals surface area contributed by atoms with Crippen LogP contribution in [0.15, 0.2) is 0 Å². The number of rotatable bonds is 7. The minimum atomic E-state index is -0.278. The van der Waals surface area contributed by atoms with Crippen LogP contribution in [-0.4, -0.2) is 48.8 Å². The van der Waals surface area contributed by atoms with Gasteiger partial charge < -0.3 is 9.64 Å². The number of likely N-dealkylation sites (tertiary alicyclic amines) is 1. The molecule has 0 aromatic carbocycles. The van der Waals surface area contributed by atoms with Crippen molar-refractivity contribution in [3.05, 3.63) is 0 Å². The number of nitrogens with zero attached hydrogens (tertiary/aromatic N) is 2. The topological polar surface area (TPSA) is 48.3 Å². The van der Waals surface area contributed by atoms with Crippen LogP contribution in [0.25, 0.3) is 0 Å². The maximum Gasteiger partial charge on any atom is 0.122 e. The summed E-state index contributed by atoms with van der Waals surface area (Å²) in [5.41, 5.74) is -0.278. The van der Waals surface area contributed by atoms with Gasteiger partial charge in [-0.2, -0.15) is 5.26 Å². The van der Waals surface area contributed by atoms with Gasteiger partial charge in [0.15, 0.2) is 0 Å². The minimum absolute atomic E-state index is 0.278. The van der Waals surface area contributed by atoms with Crippen molar-refractivity contribution >= 4 is 0 Å². The molecular formula is C16H27N3O. The summed E-state index contributed by atoms with van der Waals surface area (Å²) in [4.78, 5) is 2.48. The Hall–Kier alpha value is -0.630. The molecule has 2 aliphatic carbocycles. The molecule has 20 heavy (non-hydrogen) atoms. The van der Waals surface area contributed by atoms with E-state index in [0.29, 0.717) is 18.1 Å². The molecule has 0 spiro atoms. The summed E-state index contributed by atoms with van der Waals surface area (Å²) < 4.78 is 5.71. The second-order valence-electron chi connectivity index (χ2n) is 6.71. The van der Waals surface area contributed by atoms with Crippen LogP contribution >= 0.6 is 0 Å². The van der Waals surface area contributed by atoms with E-state index in [1.54, 1.807) is 0 Å².